The highest BCUT2D eigenvalue weighted by atomic mass is 16.4. The van der Waals surface area contributed by atoms with Gasteiger partial charge in [-0.3, -0.25) is 4.79 Å². The summed E-state index contributed by atoms with van der Waals surface area (Å²) >= 11 is 0. The highest BCUT2D eigenvalue weighted by molar-refractivity contribution is 5.66. The lowest BCUT2D eigenvalue weighted by atomic mass is 9.78. The molecule has 2 unspecified atom stereocenters. The summed E-state index contributed by atoms with van der Waals surface area (Å²) in [5.74, 6) is -0.203. The number of carboxylic acid groups (broad SMARTS) is 1. The first-order valence-electron chi connectivity index (χ1n) is 12.1. The van der Waals surface area contributed by atoms with E-state index in [4.69, 9.17) is 5.11 Å². The Morgan fingerprint density at radius 1 is 1.14 bits per heavy atom. The number of unbranched alkanes of at least 4 members (excludes halogenated alkanes) is 5. The normalized spacial score (nSPS) is 24.0. The SMILES string of the molecule is CCCCC(C)C(O)(CC=C1CC[C@H](O)[C@@H]1CCCCCCC(=O)O)CCCC. The van der Waals surface area contributed by atoms with Gasteiger partial charge in [-0.15, -0.1) is 0 Å². The van der Waals surface area contributed by atoms with E-state index in [1.807, 2.05) is 0 Å². The Labute approximate surface area is 178 Å². The topological polar surface area (TPSA) is 77.8 Å². The minimum Gasteiger partial charge on any atom is -0.481 e. The second kappa shape index (κ2) is 14.2. The van der Waals surface area contributed by atoms with Gasteiger partial charge in [0.15, 0.2) is 0 Å². The van der Waals surface area contributed by atoms with Crippen molar-refractivity contribution in [2.24, 2.45) is 11.8 Å². The molecule has 170 valence electrons. The molecule has 0 amide bonds. The van der Waals surface area contributed by atoms with Crippen LogP contribution >= 0.6 is 0 Å². The lowest BCUT2D eigenvalue weighted by molar-refractivity contribution is -0.137. The van der Waals surface area contributed by atoms with Crippen molar-refractivity contribution in [1.29, 1.82) is 0 Å². The Morgan fingerprint density at radius 2 is 1.83 bits per heavy atom. The number of aliphatic hydroxyl groups is 2. The summed E-state index contributed by atoms with van der Waals surface area (Å²) in [7, 11) is 0. The summed E-state index contributed by atoms with van der Waals surface area (Å²) in [6, 6.07) is 0. The van der Waals surface area contributed by atoms with Gasteiger partial charge in [0.25, 0.3) is 0 Å². The summed E-state index contributed by atoms with van der Waals surface area (Å²) in [5.41, 5.74) is 0.702. The molecule has 4 atom stereocenters. The second-order valence-corrected chi connectivity index (χ2v) is 9.29. The second-order valence-electron chi connectivity index (χ2n) is 9.29. The molecule has 4 nitrogen and oxygen atoms in total. The van der Waals surface area contributed by atoms with Crippen molar-refractivity contribution in [2.75, 3.05) is 0 Å². The number of carbonyl (C=O) groups is 1. The molecule has 1 aliphatic carbocycles. The Kier molecular flexibility index (Phi) is 12.8. The molecule has 0 radical (unpaired) electrons. The largest absolute Gasteiger partial charge is 0.481 e. The van der Waals surface area contributed by atoms with Crippen LogP contribution in [0.4, 0.5) is 0 Å². The molecule has 0 aromatic carbocycles. The van der Waals surface area contributed by atoms with Crippen molar-refractivity contribution in [3.8, 4) is 0 Å². The zero-order chi connectivity index (χ0) is 21.7. The predicted molar refractivity (Wildman–Crippen MR) is 120 cm³/mol. The molecule has 1 aliphatic rings. The van der Waals surface area contributed by atoms with Crippen LogP contribution in [-0.4, -0.2) is 33.0 Å². The van der Waals surface area contributed by atoms with E-state index in [-0.39, 0.29) is 18.4 Å². The van der Waals surface area contributed by atoms with Gasteiger partial charge in [-0.1, -0.05) is 77.4 Å². The smallest absolute Gasteiger partial charge is 0.303 e. The predicted octanol–water partition coefficient (Wildman–Crippen LogP) is 6.25. The number of hydrogen-bond donors (Lipinski definition) is 3. The maximum Gasteiger partial charge on any atom is 0.303 e. The van der Waals surface area contributed by atoms with Crippen LogP contribution < -0.4 is 0 Å². The molecule has 0 aliphatic heterocycles. The molecule has 1 fully saturated rings. The van der Waals surface area contributed by atoms with Crippen LogP contribution in [0.3, 0.4) is 0 Å². The van der Waals surface area contributed by atoms with Crippen LogP contribution in [0.15, 0.2) is 11.6 Å². The zero-order valence-corrected chi connectivity index (χ0v) is 19.2. The molecule has 29 heavy (non-hydrogen) atoms. The van der Waals surface area contributed by atoms with Crippen LogP contribution in [-0.2, 0) is 4.79 Å². The van der Waals surface area contributed by atoms with Gasteiger partial charge in [0.1, 0.15) is 0 Å². The Bertz CT molecular complexity index is 487. The van der Waals surface area contributed by atoms with Gasteiger partial charge in [-0.2, -0.15) is 0 Å². The van der Waals surface area contributed by atoms with Crippen molar-refractivity contribution >= 4 is 5.97 Å². The monoisotopic (exact) mass is 410 g/mol. The van der Waals surface area contributed by atoms with Crippen LogP contribution in [0.25, 0.3) is 0 Å². The summed E-state index contributed by atoms with van der Waals surface area (Å²) < 4.78 is 0. The Balaban J connectivity index is 2.62. The molecule has 0 aromatic rings. The first kappa shape index (κ1) is 26.2. The van der Waals surface area contributed by atoms with Crippen molar-refractivity contribution in [3.63, 3.8) is 0 Å². The number of rotatable bonds is 16. The van der Waals surface area contributed by atoms with Gasteiger partial charge in [-0.25, -0.2) is 0 Å². The average molecular weight is 411 g/mol. The molecule has 1 saturated carbocycles. The zero-order valence-electron chi connectivity index (χ0n) is 19.2. The Hall–Kier alpha value is -0.870. The van der Waals surface area contributed by atoms with Gasteiger partial charge in [0, 0.05) is 12.3 Å². The van der Waals surface area contributed by atoms with E-state index in [1.54, 1.807) is 0 Å². The van der Waals surface area contributed by atoms with Gasteiger partial charge >= 0.3 is 5.97 Å². The van der Waals surface area contributed by atoms with Gasteiger partial charge in [0.05, 0.1) is 11.7 Å². The highest BCUT2D eigenvalue weighted by Gasteiger charge is 2.34. The third-order valence-corrected chi connectivity index (χ3v) is 6.91. The van der Waals surface area contributed by atoms with Crippen molar-refractivity contribution < 1.29 is 20.1 Å². The number of hydrogen-bond acceptors (Lipinski definition) is 3. The van der Waals surface area contributed by atoms with Gasteiger partial charge in [0.2, 0.25) is 0 Å². The van der Waals surface area contributed by atoms with E-state index < -0.39 is 11.6 Å². The summed E-state index contributed by atoms with van der Waals surface area (Å²) in [4.78, 5) is 10.6. The number of aliphatic hydroxyl groups excluding tert-OH is 1. The molecule has 3 N–H and O–H groups in total. The fourth-order valence-electron chi connectivity index (χ4n) is 4.69. The van der Waals surface area contributed by atoms with E-state index in [1.165, 1.54) is 5.57 Å². The molecule has 0 bridgehead atoms. The van der Waals surface area contributed by atoms with E-state index in [0.29, 0.717) is 12.3 Å². The fraction of sp³-hybridized carbons (Fsp3) is 0.880. The highest BCUT2D eigenvalue weighted by Crippen LogP contribution is 2.38. The van der Waals surface area contributed by atoms with Crippen molar-refractivity contribution in [3.05, 3.63) is 11.6 Å². The first-order chi connectivity index (χ1) is 13.8. The summed E-state index contributed by atoms with van der Waals surface area (Å²) in [6.45, 7) is 6.57. The number of aliphatic carboxylic acids is 1. The third kappa shape index (κ3) is 9.65. The molecule has 0 heterocycles. The van der Waals surface area contributed by atoms with E-state index in [9.17, 15) is 15.0 Å². The van der Waals surface area contributed by atoms with Crippen LogP contribution in [0, 0.1) is 11.8 Å². The lowest BCUT2D eigenvalue weighted by Gasteiger charge is -2.34. The molecular formula is C25H46O4. The first-order valence-corrected chi connectivity index (χ1v) is 12.1. The third-order valence-electron chi connectivity index (χ3n) is 6.91. The fourth-order valence-corrected chi connectivity index (χ4v) is 4.69. The number of carboxylic acids is 1. The van der Waals surface area contributed by atoms with Crippen molar-refractivity contribution in [2.45, 2.75) is 129 Å². The average Bonchev–Trinajstić information content (AvgIpc) is 3.04. The molecular weight excluding hydrogens is 364 g/mol. The molecule has 1 rings (SSSR count). The molecule has 0 saturated heterocycles. The standard InChI is InChI=1S/C25H46O4/c1-4-6-12-20(3)25(29,18-7-5-2)19-17-21-15-16-23(26)22(21)13-10-8-9-11-14-24(27)28/h17,20,22-23,26,29H,4-16,18-19H2,1-3H3,(H,27,28)/t20?,22-,23+,25?/m1/s1. The lowest BCUT2D eigenvalue weighted by Crippen LogP contribution is -2.36. The van der Waals surface area contributed by atoms with Gasteiger partial charge in [-0.05, 0) is 50.9 Å². The molecule has 4 heteroatoms. The summed E-state index contributed by atoms with van der Waals surface area (Å²) in [6.07, 6.45) is 15.8. The molecule has 0 aromatic heterocycles. The Morgan fingerprint density at radius 3 is 2.48 bits per heavy atom. The van der Waals surface area contributed by atoms with Crippen LogP contribution in [0.5, 0.6) is 0 Å². The quantitative estimate of drug-likeness (QED) is 0.208. The van der Waals surface area contributed by atoms with E-state index in [2.05, 4.69) is 26.8 Å². The van der Waals surface area contributed by atoms with E-state index in [0.717, 1.165) is 83.5 Å². The van der Waals surface area contributed by atoms with E-state index >= 15 is 0 Å². The summed E-state index contributed by atoms with van der Waals surface area (Å²) in [5, 5.41) is 30.6. The van der Waals surface area contributed by atoms with Crippen molar-refractivity contribution in [1.82, 2.24) is 0 Å². The van der Waals surface area contributed by atoms with Gasteiger partial charge < -0.3 is 15.3 Å². The van der Waals surface area contributed by atoms with Crippen LogP contribution in [0.1, 0.15) is 117 Å². The maximum atomic E-state index is 11.4. The van der Waals surface area contributed by atoms with Crippen LogP contribution in [0.2, 0.25) is 0 Å². The minimum absolute atomic E-state index is 0.218. The maximum absolute atomic E-state index is 11.4. The minimum atomic E-state index is -0.717. The molecule has 0 spiro atoms.